The zero-order valence-corrected chi connectivity index (χ0v) is 18.4. The van der Waals surface area contributed by atoms with Crippen molar-refractivity contribution < 1.29 is 14.6 Å². The fraction of sp³-hybridized carbons (Fsp3) is 0.308. The lowest BCUT2D eigenvalue weighted by Crippen LogP contribution is -2.46. The van der Waals surface area contributed by atoms with Gasteiger partial charge in [-0.1, -0.05) is 30.3 Å². The Balaban J connectivity index is 1.40. The van der Waals surface area contributed by atoms with Crippen molar-refractivity contribution in [1.29, 1.82) is 0 Å². The van der Waals surface area contributed by atoms with E-state index >= 15 is 0 Å². The third kappa shape index (κ3) is 3.60. The van der Waals surface area contributed by atoms with Gasteiger partial charge in [0.05, 0.1) is 37.0 Å². The van der Waals surface area contributed by atoms with Crippen molar-refractivity contribution >= 4 is 12.0 Å². The Kier molecular flexibility index (Phi) is 5.31. The van der Waals surface area contributed by atoms with E-state index in [9.17, 15) is 9.90 Å². The van der Waals surface area contributed by atoms with E-state index in [0.29, 0.717) is 13.0 Å². The molecule has 1 amide bonds. The second-order valence-corrected chi connectivity index (χ2v) is 8.54. The van der Waals surface area contributed by atoms with Gasteiger partial charge in [-0.2, -0.15) is 0 Å². The molecule has 0 saturated carbocycles. The van der Waals surface area contributed by atoms with Crippen LogP contribution in [0, 0.1) is 6.92 Å². The lowest BCUT2D eigenvalue weighted by Gasteiger charge is -2.35. The number of aryl methyl sites for hydroxylation is 1. The van der Waals surface area contributed by atoms with E-state index in [2.05, 4.69) is 4.98 Å². The fourth-order valence-electron chi connectivity index (χ4n) is 4.87. The van der Waals surface area contributed by atoms with Crippen molar-refractivity contribution in [3.05, 3.63) is 82.9 Å². The van der Waals surface area contributed by atoms with E-state index in [-0.39, 0.29) is 11.9 Å². The second kappa shape index (κ2) is 8.28. The van der Waals surface area contributed by atoms with Crippen molar-refractivity contribution in [1.82, 2.24) is 14.5 Å². The molecule has 1 N–H and O–H groups in total. The Labute approximate surface area is 187 Å². The molecular formula is C26H27N3O3. The van der Waals surface area contributed by atoms with Crippen LogP contribution in [-0.2, 0) is 11.2 Å². The van der Waals surface area contributed by atoms with E-state index in [1.807, 2.05) is 71.1 Å². The molecule has 2 heterocycles. The first-order valence-corrected chi connectivity index (χ1v) is 11.0. The predicted octanol–water partition coefficient (Wildman–Crippen LogP) is 3.85. The fourth-order valence-corrected chi connectivity index (χ4v) is 4.87. The Bertz CT molecular complexity index is 1200. The summed E-state index contributed by atoms with van der Waals surface area (Å²) < 4.78 is 7.54. The zero-order valence-electron chi connectivity index (χ0n) is 18.4. The number of aliphatic hydroxyl groups is 1. The summed E-state index contributed by atoms with van der Waals surface area (Å²) in [4.78, 5) is 19.5. The average molecular weight is 430 g/mol. The standard InChI is InChI=1S/C26H27N3O3/c1-17-15-28(16-27-17)22-10-9-18(13-24(22)32-2)12-20-7-5-11-29(26(20)31)23-14-19-6-3-4-8-21(19)25(23)30/h3-4,6,8-10,12-13,15-16,23,25,30H,5,7,11,14H2,1-2H3/t23-,25-/m1/s1. The van der Waals surface area contributed by atoms with E-state index in [1.165, 1.54) is 0 Å². The van der Waals surface area contributed by atoms with Gasteiger partial charge in [0.15, 0.2) is 0 Å². The Morgan fingerprint density at radius 3 is 2.81 bits per heavy atom. The maximum absolute atomic E-state index is 13.4. The van der Waals surface area contributed by atoms with Crippen LogP contribution in [0.4, 0.5) is 0 Å². The van der Waals surface area contributed by atoms with Crippen LogP contribution in [0.1, 0.15) is 41.3 Å². The molecule has 0 unspecified atom stereocenters. The maximum Gasteiger partial charge on any atom is 0.250 e. The molecule has 5 rings (SSSR count). The summed E-state index contributed by atoms with van der Waals surface area (Å²) in [6.07, 6.45) is 7.35. The Hall–Kier alpha value is -3.38. The van der Waals surface area contributed by atoms with Crippen LogP contribution < -0.4 is 4.74 Å². The summed E-state index contributed by atoms with van der Waals surface area (Å²) in [5.74, 6) is 0.736. The first-order chi connectivity index (χ1) is 15.5. The van der Waals surface area contributed by atoms with Crippen molar-refractivity contribution in [2.75, 3.05) is 13.7 Å². The van der Waals surface area contributed by atoms with Crippen molar-refractivity contribution in [2.45, 2.75) is 38.3 Å². The smallest absolute Gasteiger partial charge is 0.250 e. The van der Waals surface area contributed by atoms with Gasteiger partial charge < -0.3 is 19.3 Å². The molecule has 0 bridgehead atoms. The molecular weight excluding hydrogens is 402 g/mol. The summed E-state index contributed by atoms with van der Waals surface area (Å²) in [5, 5.41) is 10.9. The number of ether oxygens (including phenoxy) is 1. The molecule has 1 aliphatic carbocycles. The van der Waals surface area contributed by atoms with Crippen LogP contribution in [0.15, 0.2) is 60.6 Å². The van der Waals surface area contributed by atoms with Crippen molar-refractivity contribution in [3.63, 3.8) is 0 Å². The number of methoxy groups -OCH3 is 1. The van der Waals surface area contributed by atoms with Gasteiger partial charge in [-0.05, 0) is 61.1 Å². The van der Waals surface area contributed by atoms with Crippen molar-refractivity contribution in [2.24, 2.45) is 0 Å². The highest BCUT2D eigenvalue weighted by Gasteiger charge is 2.39. The molecule has 0 radical (unpaired) electrons. The number of carbonyl (C=O) groups excluding carboxylic acids is 1. The van der Waals surface area contributed by atoms with E-state index in [0.717, 1.165) is 52.2 Å². The van der Waals surface area contributed by atoms with Crippen LogP contribution in [0.2, 0.25) is 0 Å². The summed E-state index contributed by atoms with van der Waals surface area (Å²) in [7, 11) is 1.65. The monoisotopic (exact) mass is 429 g/mol. The number of hydrogen-bond donors (Lipinski definition) is 1. The average Bonchev–Trinajstić information content (AvgIpc) is 3.38. The third-order valence-electron chi connectivity index (χ3n) is 6.48. The highest BCUT2D eigenvalue weighted by Crippen LogP contribution is 2.37. The summed E-state index contributed by atoms with van der Waals surface area (Å²) in [5.41, 5.74) is 5.59. The van der Waals surface area contributed by atoms with Gasteiger partial charge in [-0.25, -0.2) is 4.98 Å². The SMILES string of the molecule is COc1cc(C=C2CCCN([C@@H]3Cc4ccccc4[C@H]3O)C2=O)ccc1-n1cnc(C)c1. The molecule has 2 aromatic carbocycles. The van der Waals surface area contributed by atoms with E-state index in [4.69, 9.17) is 4.74 Å². The van der Waals surface area contributed by atoms with Gasteiger partial charge in [0, 0.05) is 18.3 Å². The Morgan fingerprint density at radius 1 is 1.22 bits per heavy atom. The van der Waals surface area contributed by atoms with Crippen molar-refractivity contribution in [3.8, 4) is 11.4 Å². The van der Waals surface area contributed by atoms with Gasteiger partial charge in [0.25, 0.3) is 0 Å². The van der Waals surface area contributed by atoms with E-state index in [1.54, 1.807) is 13.4 Å². The first kappa shape index (κ1) is 20.5. The second-order valence-electron chi connectivity index (χ2n) is 8.54. The Morgan fingerprint density at radius 2 is 2.06 bits per heavy atom. The number of fused-ring (bicyclic) bond motifs is 1. The van der Waals surface area contributed by atoms with E-state index < -0.39 is 6.10 Å². The predicted molar refractivity (Wildman–Crippen MR) is 123 cm³/mol. The highest BCUT2D eigenvalue weighted by atomic mass is 16.5. The summed E-state index contributed by atoms with van der Waals surface area (Å²) in [6, 6.07) is 13.6. The van der Waals surface area contributed by atoms with Gasteiger partial charge in [0.2, 0.25) is 5.91 Å². The molecule has 1 aromatic heterocycles. The minimum atomic E-state index is -0.632. The molecule has 2 atom stereocenters. The number of aromatic nitrogens is 2. The number of hydrogen-bond acceptors (Lipinski definition) is 4. The molecule has 1 aliphatic heterocycles. The van der Waals surface area contributed by atoms with Crippen LogP contribution in [0.3, 0.4) is 0 Å². The number of imidazole rings is 1. The van der Waals surface area contributed by atoms with Gasteiger partial charge >= 0.3 is 0 Å². The van der Waals surface area contributed by atoms with Crippen LogP contribution in [0.5, 0.6) is 5.75 Å². The number of rotatable bonds is 4. The molecule has 0 spiro atoms. The molecule has 32 heavy (non-hydrogen) atoms. The maximum atomic E-state index is 13.4. The molecule has 6 heteroatoms. The molecule has 3 aromatic rings. The largest absolute Gasteiger partial charge is 0.495 e. The molecule has 6 nitrogen and oxygen atoms in total. The number of likely N-dealkylation sites (tertiary alicyclic amines) is 1. The highest BCUT2D eigenvalue weighted by molar-refractivity contribution is 5.99. The summed E-state index contributed by atoms with van der Waals surface area (Å²) in [6.45, 7) is 2.62. The minimum Gasteiger partial charge on any atom is -0.495 e. The molecule has 2 aliphatic rings. The van der Waals surface area contributed by atoms with Gasteiger partial charge in [-0.15, -0.1) is 0 Å². The molecule has 1 fully saturated rings. The lowest BCUT2D eigenvalue weighted by molar-refractivity contribution is -0.133. The third-order valence-corrected chi connectivity index (χ3v) is 6.48. The molecule has 1 saturated heterocycles. The van der Waals surface area contributed by atoms with Gasteiger partial charge in [0.1, 0.15) is 5.75 Å². The number of benzene rings is 2. The summed E-state index contributed by atoms with van der Waals surface area (Å²) >= 11 is 0. The minimum absolute atomic E-state index is 0.0152. The van der Waals surface area contributed by atoms with Gasteiger partial charge in [-0.3, -0.25) is 4.79 Å². The first-order valence-electron chi connectivity index (χ1n) is 11.0. The quantitative estimate of drug-likeness (QED) is 0.640. The number of carbonyl (C=O) groups is 1. The number of nitrogens with zero attached hydrogens (tertiary/aromatic N) is 3. The normalized spacial score (nSPS) is 21.8. The topological polar surface area (TPSA) is 67.6 Å². The van der Waals surface area contributed by atoms with Crippen LogP contribution in [-0.4, -0.2) is 45.2 Å². The number of amides is 1. The molecule has 164 valence electrons. The lowest BCUT2D eigenvalue weighted by atomic mass is 9.97. The van der Waals surface area contributed by atoms with Crippen LogP contribution in [0.25, 0.3) is 11.8 Å². The number of aliphatic hydroxyl groups excluding tert-OH is 1. The number of piperidine rings is 1. The zero-order chi connectivity index (χ0) is 22.2. The van der Waals surface area contributed by atoms with Crippen LogP contribution >= 0.6 is 0 Å².